The molecule has 0 aliphatic carbocycles. The number of nitrogens with one attached hydrogen (secondary N) is 1. The predicted molar refractivity (Wildman–Crippen MR) is 77.0 cm³/mol. The summed E-state index contributed by atoms with van der Waals surface area (Å²) in [5.74, 6) is 0.320. The zero-order valence-electron chi connectivity index (χ0n) is 11.0. The first-order valence-corrected chi connectivity index (χ1v) is 7.38. The van der Waals surface area contributed by atoms with E-state index in [2.05, 4.69) is 5.32 Å². The summed E-state index contributed by atoms with van der Waals surface area (Å²) in [6.07, 6.45) is 0.807. The lowest BCUT2D eigenvalue weighted by atomic mass is 10.1. The van der Waals surface area contributed by atoms with Crippen LogP contribution >= 0.6 is 0 Å². The van der Waals surface area contributed by atoms with E-state index in [4.69, 9.17) is 5.73 Å². The fourth-order valence-corrected chi connectivity index (χ4v) is 2.57. The number of anilines is 2. The Hall–Kier alpha value is -1.36. The first-order valence-electron chi connectivity index (χ1n) is 6.00. The number of benzene rings is 1. The van der Waals surface area contributed by atoms with Crippen molar-refractivity contribution in [2.24, 2.45) is 0 Å². The lowest BCUT2D eigenvalue weighted by Gasteiger charge is -2.14. The standard InChI is InChI=1S/C13H20N2O2S/c1-4-8-18(17)10(3)13(16)15-12-7-5-6-11(14)9(12)2/h5-7,10H,4,8,14H2,1-3H3,(H,15,16). The van der Waals surface area contributed by atoms with Gasteiger partial charge in [-0.25, -0.2) is 0 Å². The molecule has 5 heteroatoms. The third-order valence-corrected chi connectivity index (χ3v) is 4.62. The Morgan fingerprint density at radius 3 is 2.78 bits per heavy atom. The Morgan fingerprint density at radius 1 is 1.50 bits per heavy atom. The van der Waals surface area contributed by atoms with E-state index in [1.165, 1.54) is 0 Å². The summed E-state index contributed by atoms with van der Waals surface area (Å²) in [4.78, 5) is 11.9. The highest BCUT2D eigenvalue weighted by Gasteiger charge is 2.19. The molecule has 1 amide bonds. The molecule has 1 aromatic rings. The third-order valence-electron chi connectivity index (χ3n) is 2.80. The molecule has 0 fully saturated rings. The highest BCUT2D eigenvalue weighted by atomic mass is 32.2. The topological polar surface area (TPSA) is 72.2 Å². The largest absolute Gasteiger partial charge is 0.398 e. The van der Waals surface area contributed by atoms with Gasteiger partial charge in [0, 0.05) is 27.9 Å². The highest BCUT2D eigenvalue weighted by Crippen LogP contribution is 2.20. The molecule has 0 aromatic heterocycles. The van der Waals surface area contributed by atoms with Gasteiger partial charge in [-0.15, -0.1) is 0 Å². The van der Waals surface area contributed by atoms with E-state index in [1.54, 1.807) is 25.1 Å². The number of carbonyl (C=O) groups is 1. The van der Waals surface area contributed by atoms with Crippen molar-refractivity contribution >= 4 is 28.1 Å². The molecule has 3 N–H and O–H groups in total. The van der Waals surface area contributed by atoms with Crippen LogP contribution in [0.3, 0.4) is 0 Å². The number of nitrogens with two attached hydrogens (primary N) is 1. The number of carbonyl (C=O) groups excluding carboxylic acids is 1. The molecule has 0 bridgehead atoms. The molecule has 0 aliphatic rings. The van der Waals surface area contributed by atoms with Crippen molar-refractivity contribution in [3.05, 3.63) is 23.8 Å². The van der Waals surface area contributed by atoms with Crippen molar-refractivity contribution in [2.45, 2.75) is 32.4 Å². The van der Waals surface area contributed by atoms with Crippen molar-refractivity contribution in [1.29, 1.82) is 0 Å². The molecule has 1 aromatic carbocycles. The molecule has 0 spiro atoms. The van der Waals surface area contributed by atoms with Crippen LogP contribution in [0.25, 0.3) is 0 Å². The summed E-state index contributed by atoms with van der Waals surface area (Å²) in [6, 6.07) is 5.36. The molecule has 2 atom stereocenters. The van der Waals surface area contributed by atoms with Gasteiger partial charge in [0.1, 0.15) is 5.25 Å². The van der Waals surface area contributed by atoms with Gasteiger partial charge in [-0.1, -0.05) is 13.0 Å². The van der Waals surface area contributed by atoms with Crippen LogP contribution in [0.5, 0.6) is 0 Å². The molecule has 1 rings (SSSR count). The fourth-order valence-electron chi connectivity index (χ4n) is 1.52. The Labute approximate surface area is 110 Å². The number of nitrogen functional groups attached to an aromatic ring is 1. The van der Waals surface area contributed by atoms with Crippen molar-refractivity contribution in [2.75, 3.05) is 16.8 Å². The van der Waals surface area contributed by atoms with E-state index in [0.29, 0.717) is 17.1 Å². The second-order valence-corrected chi connectivity index (χ2v) is 6.11. The average Bonchev–Trinajstić information content (AvgIpc) is 2.34. The van der Waals surface area contributed by atoms with Crippen LogP contribution in [0.1, 0.15) is 25.8 Å². The molecule has 0 saturated heterocycles. The number of rotatable bonds is 5. The summed E-state index contributed by atoms with van der Waals surface area (Å²) in [5.41, 5.74) is 7.92. The van der Waals surface area contributed by atoms with Crippen LogP contribution in [-0.2, 0) is 15.6 Å². The summed E-state index contributed by atoms with van der Waals surface area (Å²) < 4.78 is 11.8. The monoisotopic (exact) mass is 268 g/mol. The Kier molecular flexibility index (Phi) is 5.34. The van der Waals surface area contributed by atoms with Crippen molar-refractivity contribution < 1.29 is 9.00 Å². The van der Waals surface area contributed by atoms with Gasteiger partial charge in [0.05, 0.1) is 0 Å². The number of hydrogen-bond acceptors (Lipinski definition) is 3. The molecule has 0 heterocycles. The third kappa shape index (κ3) is 3.57. The van der Waals surface area contributed by atoms with E-state index in [-0.39, 0.29) is 5.91 Å². The van der Waals surface area contributed by atoms with Crippen molar-refractivity contribution in [1.82, 2.24) is 0 Å². The van der Waals surface area contributed by atoms with Crippen LogP contribution < -0.4 is 11.1 Å². The maximum atomic E-state index is 11.9. The second-order valence-electron chi connectivity index (χ2n) is 4.24. The van der Waals surface area contributed by atoms with Gasteiger partial charge in [-0.05, 0) is 38.0 Å². The van der Waals surface area contributed by atoms with E-state index in [1.807, 2.05) is 13.8 Å². The lowest BCUT2D eigenvalue weighted by Crippen LogP contribution is -2.30. The molecule has 18 heavy (non-hydrogen) atoms. The SMILES string of the molecule is CCCS(=O)C(C)C(=O)Nc1cccc(N)c1C. The van der Waals surface area contributed by atoms with Gasteiger partial charge in [0.25, 0.3) is 0 Å². The smallest absolute Gasteiger partial charge is 0.239 e. The molecule has 0 radical (unpaired) electrons. The van der Waals surface area contributed by atoms with Crippen LogP contribution in [0.4, 0.5) is 11.4 Å². The molecular weight excluding hydrogens is 248 g/mol. The maximum Gasteiger partial charge on any atom is 0.239 e. The summed E-state index contributed by atoms with van der Waals surface area (Å²) in [6.45, 7) is 5.48. The van der Waals surface area contributed by atoms with Crippen molar-refractivity contribution in [3.63, 3.8) is 0 Å². The van der Waals surface area contributed by atoms with Gasteiger partial charge >= 0.3 is 0 Å². The molecule has 0 saturated carbocycles. The minimum absolute atomic E-state index is 0.226. The van der Waals surface area contributed by atoms with Gasteiger partial charge in [0.2, 0.25) is 5.91 Å². The lowest BCUT2D eigenvalue weighted by molar-refractivity contribution is -0.115. The molecule has 2 unspecified atom stereocenters. The van der Waals surface area contributed by atoms with Gasteiger partial charge < -0.3 is 11.1 Å². The zero-order chi connectivity index (χ0) is 13.7. The van der Waals surface area contributed by atoms with E-state index in [0.717, 1.165) is 12.0 Å². The summed E-state index contributed by atoms with van der Waals surface area (Å²) in [7, 11) is -1.12. The normalized spacial score (nSPS) is 13.9. The predicted octanol–water partition coefficient (Wildman–Crippen LogP) is 2.06. The number of hydrogen-bond donors (Lipinski definition) is 2. The molecular formula is C13H20N2O2S. The Morgan fingerprint density at radius 2 is 2.17 bits per heavy atom. The first-order chi connectivity index (χ1) is 8.47. The fraction of sp³-hybridized carbons (Fsp3) is 0.462. The molecule has 4 nitrogen and oxygen atoms in total. The number of amides is 1. The zero-order valence-corrected chi connectivity index (χ0v) is 11.8. The quantitative estimate of drug-likeness (QED) is 0.803. The van der Waals surface area contributed by atoms with E-state index < -0.39 is 16.0 Å². The van der Waals surface area contributed by atoms with Gasteiger partial charge in [-0.2, -0.15) is 0 Å². The second kappa shape index (κ2) is 6.54. The van der Waals surface area contributed by atoms with Crippen LogP contribution in [-0.4, -0.2) is 21.1 Å². The Bertz CT molecular complexity index is 460. The van der Waals surface area contributed by atoms with E-state index in [9.17, 15) is 9.00 Å². The summed E-state index contributed by atoms with van der Waals surface area (Å²) in [5, 5.41) is 2.27. The van der Waals surface area contributed by atoms with Gasteiger partial charge in [-0.3, -0.25) is 9.00 Å². The van der Waals surface area contributed by atoms with Crippen LogP contribution in [0.2, 0.25) is 0 Å². The van der Waals surface area contributed by atoms with Crippen molar-refractivity contribution in [3.8, 4) is 0 Å². The highest BCUT2D eigenvalue weighted by molar-refractivity contribution is 7.86. The minimum Gasteiger partial charge on any atom is -0.398 e. The maximum absolute atomic E-state index is 11.9. The van der Waals surface area contributed by atoms with E-state index >= 15 is 0 Å². The molecule has 100 valence electrons. The van der Waals surface area contributed by atoms with Crippen LogP contribution in [0, 0.1) is 6.92 Å². The van der Waals surface area contributed by atoms with Gasteiger partial charge in [0.15, 0.2) is 0 Å². The first kappa shape index (κ1) is 14.7. The average molecular weight is 268 g/mol. The molecule has 0 aliphatic heterocycles. The minimum atomic E-state index is -1.12. The van der Waals surface area contributed by atoms with Crippen LogP contribution in [0.15, 0.2) is 18.2 Å². The summed E-state index contributed by atoms with van der Waals surface area (Å²) >= 11 is 0. The Balaban J connectivity index is 2.75.